The van der Waals surface area contributed by atoms with Gasteiger partial charge in [-0.2, -0.15) is 0 Å². The summed E-state index contributed by atoms with van der Waals surface area (Å²) in [5.41, 5.74) is 1.64. The second kappa shape index (κ2) is 4.70. The van der Waals surface area contributed by atoms with Gasteiger partial charge in [-0.15, -0.1) is 0 Å². The number of allylic oxidation sites excluding steroid dienone is 1. The van der Waals surface area contributed by atoms with Gasteiger partial charge in [0.15, 0.2) is 0 Å². The highest BCUT2D eigenvalue weighted by atomic mass is 79.9. The number of alkyl halides is 1. The van der Waals surface area contributed by atoms with Crippen LogP contribution in [0.3, 0.4) is 0 Å². The second-order valence-corrected chi connectivity index (χ2v) is 7.68. The van der Waals surface area contributed by atoms with E-state index in [0.717, 1.165) is 6.42 Å². The monoisotopic (exact) mass is 300 g/mol. The maximum atomic E-state index is 10.7. The Kier molecular flexibility index (Phi) is 3.76. The molecule has 17 heavy (non-hydrogen) atoms. The molecular weight excluding hydrogens is 276 g/mol. The zero-order valence-electron chi connectivity index (χ0n) is 11.4. The summed E-state index contributed by atoms with van der Waals surface area (Å²) in [7, 11) is 0. The highest BCUT2D eigenvalue weighted by molar-refractivity contribution is 9.09. The predicted octanol–water partition coefficient (Wildman–Crippen LogP) is 4.15. The Morgan fingerprint density at radius 3 is 2.71 bits per heavy atom. The number of halogens is 1. The molecule has 0 unspecified atom stereocenters. The SMILES string of the molecule is CC1=CC[C@@H](Br)[C@]2(C)CC[C@H](C(C)C)[C@H](O)[C@@H]12. The third-order valence-corrected chi connectivity index (χ3v) is 6.64. The van der Waals surface area contributed by atoms with Gasteiger partial charge in [0.05, 0.1) is 6.10 Å². The van der Waals surface area contributed by atoms with E-state index in [4.69, 9.17) is 0 Å². The van der Waals surface area contributed by atoms with Crippen molar-refractivity contribution in [3.63, 3.8) is 0 Å². The Morgan fingerprint density at radius 1 is 1.47 bits per heavy atom. The Balaban J connectivity index is 2.33. The second-order valence-electron chi connectivity index (χ2n) is 6.57. The highest BCUT2D eigenvalue weighted by Crippen LogP contribution is 2.55. The molecule has 98 valence electrons. The highest BCUT2D eigenvalue weighted by Gasteiger charge is 2.51. The number of hydrogen-bond donors (Lipinski definition) is 1. The van der Waals surface area contributed by atoms with Crippen molar-refractivity contribution in [2.45, 2.75) is 57.9 Å². The van der Waals surface area contributed by atoms with Gasteiger partial charge in [0.25, 0.3) is 0 Å². The molecule has 0 spiro atoms. The quantitative estimate of drug-likeness (QED) is 0.570. The van der Waals surface area contributed by atoms with Crippen LogP contribution in [0.2, 0.25) is 0 Å². The molecule has 2 aliphatic rings. The number of rotatable bonds is 1. The van der Waals surface area contributed by atoms with Crippen LogP contribution in [0.1, 0.15) is 47.0 Å². The van der Waals surface area contributed by atoms with E-state index < -0.39 is 0 Å². The summed E-state index contributed by atoms with van der Waals surface area (Å²) in [6.07, 6.45) is 5.67. The Morgan fingerprint density at radius 2 is 2.12 bits per heavy atom. The van der Waals surface area contributed by atoms with E-state index in [0.29, 0.717) is 22.6 Å². The molecular formula is C15H25BrO. The molecule has 0 aromatic heterocycles. The molecule has 0 aromatic carbocycles. The number of aliphatic hydroxyl groups excluding tert-OH is 1. The smallest absolute Gasteiger partial charge is 0.0641 e. The summed E-state index contributed by atoms with van der Waals surface area (Å²) in [5, 5.41) is 10.7. The lowest BCUT2D eigenvalue weighted by Gasteiger charge is -2.53. The first kappa shape index (κ1) is 13.6. The van der Waals surface area contributed by atoms with Gasteiger partial charge in [0, 0.05) is 10.7 Å². The lowest BCUT2D eigenvalue weighted by Crippen LogP contribution is -2.52. The largest absolute Gasteiger partial charge is 0.392 e. The third kappa shape index (κ3) is 2.12. The van der Waals surface area contributed by atoms with Crippen molar-refractivity contribution < 1.29 is 5.11 Å². The van der Waals surface area contributed by atoms with Crippen molar-refractivity contribution in [1.29, 1.82) is 0 Å². The third-order valence-electron chi connectivity index (χ3n) is 5.22. The first-order valence-corrected chi connectivity index (χ1v) is 7.78. The molecule has 0 saturated heterocycles. The van der Waals surface area contributed by atoms with Crippen LogP contribution in [0.4, 0.5) is 0 Å². The molecule has 5 atom stereocenters. The summed E-state index contributed by atoms with van der Waals surface area (Å²) >= 11 is 3.84. The van der Waals surface area contributed by atoms with Crippen LogP contribution in [-0.4, -0.2) is 16.0 Å². The summed E-state index contributed by atoms with van der Waals surface area (Å²) in [4.78, 5) is 0.520. The van der Waals surface area contributed by atoms with E-state index in [9.17, 15) is 5.11 Å². The molecule has 0 heterocycles. The van der Waals surface area contributed by atoms with Gasteiger partial charge in [-0.25, -0.2) is 0 Å². The predicted molar refractivity (Wildman–Crippen MR) is 76.3 cm³/mol. The minimum Gasteiger partial charge on any atom is -0.392 e. The fourth-order valence-corrected chi connectivity index (χ4v) is 4.70. The molecule has 0 aromatic rings. The molecule has 1 N–H and O–H groups in total. The molecule has 1 nitrogen and oxygen atoms in total. The normalized spacial score (nSPS) is 46.6. The van der Waals surface area contributed by atoms with Crippen molar-refractivity contribution in [1.82, 2.24) is 0 Å². The van der Waals surface area contributed by atoms with Crippen molar-refractivity contribution in [3.05, 3.63) is 11.6 Å². The molecule has 0 radical (unpaired) electrons. The zero-order chi connectivity index (χ0) is 12.8. The van der Waals surface area contributed by atoms with Crippen molar-refractivity contribution in [2.24, 2.45) is 23.2 Å². The fraction of sp³-hybridized carbons (Fsp3) is 0.867. The van der Waals surface area contributed by atoms with E-state index in [1.54, 1.807) is 0 Å². The Hall–Kier alpha value is 0.180. The average Bonchev–Trinajstić information content (AvgIpc) is 2.23. The van der Waals surface area contributed by atoms with Gasteiger partial charge in [0.1, 0.15) is 0 Å². The molecule has 0 amide bonds. The van der Waals surface area contributed by atoms with Crippen LogP contribution < -0.4 is 0 Å². The summed E-state index contributed by atoms with van der Waals surface area (Å²) < 4.78 is 0. The molecule has 0 bridgehead atoms. The number of aliphatic hydroxyl groups is 1. The van der Waals surface area contributed by atoms with E-state index in [1.165, 1.54) is 18.4 Å². The average molecular weight is 301 g/mol. The summed E-state index contributed by atoms with van der Waals surface area (Å²) in [5.74, 6) is 1.40. The maximum Gasteiger partial charge on any atom is 0.0641 e. The standard InChI is InChI=1S/C15H25BrO/c1-9(2)11-7-8-15(4)12(16)6-5-10(3)13(15)14(11)17/h5,9,11-14,17H,6-8H2,1-4H3/t11-,12-,13-,14+,15+/m1/s1. The minimum absolute atomic E-state index is 0.162. The lowest BCUT2D eigenvalue weighted by molar-refractivity contribution is -0.0576. The maximum absolute atomic E-state index is 10.7. The Bertz CT molecular complexity index is 323. The van der Waals surface area contributed by atoms with Crippen LogP contribution >= 0.6 is 15.9 Å². The molecule has 0 aliphatic heterocycles. The molecule has 1 saturated carbocycles. The van der Waals surface area contributed by atoms with E-state index in [-0.39, 0.29) is 11.5 Å². The van der Waals surface area contributed by atoms with E-state index >= 15 is 0 Å². The molecule has 2 rings (SSSR count). The van der Waals surface area contributed by atoms with Gasteiger partial charge in [-0.3, -0.25) is 0 Å². The van der Waals surface area contributed by atoms with Crippen LogP contribution in [0.25, 0.3) is 0 Å². The van der Waals surface area contributed by atoms with Gasteiger partial charge >= 0.3 is 0 Å². The number of hydrogen-bond acceptors (Lipinski definition) is 1. The Labute approximate surface area is 114 Å². The fourth-order valence-electron chi connectivity index (χ4n) is 4.00. The van der Waals surface area contributed by atoms with E-state index in [2.05, 4.69) is 49.7 Å². The molecule has 2 aliphatic carbocycles. The van der Waals surface area contributed by atoms with Crippen molar-refractivity contribution in [3.8, 4) is 0 Å². The van der Waals surface area contributed by atoms with Gasteiger partial charge in [-0.05, 0) is 43.4 Å². The summed E-state index contributed by atoms with van der Waals surface area (Å²) in [6, 6.07) is 0. The van der Waals surface area contributed by atoms with Gasteiger partial charge in [-0.1, -0.05) is 48.4 Å². The van der Waals surface area contributed by atoms with Crippen LogP contribution in [0.15, 0.2) is 11.6 Å². The minimum atomic E-state index is -0.162. The van der Waals surface area contributed by atoms with Crippen molar-refractivity contribution in [2.75, 3.05) is 0 Å². The lowest BCUT2D eigenvalue weighted by atomic mass is 9.55. The zero-order valence-corrected chi connectivity index (χ0v) is 13.0. The topological polar surface area (TPSA) is 20.2 Å². The van der Waals surface area contributed by atoms with Gasteiger partial charge < -0.3 is 5.11 Å². The van der Waals surface area contributed by atoms with Crippen LogP contribution in [0, 0.1) is 23.2 Å². The van der Waals surface area contributed by atoms with E-state index in [1.807, 2.05) is 0 Å². The molecule has 2 heteroatoms. The molecule has 1 fully saturated rings. The summed E-state index contributed by atoms with van der Waals surface area (Å²) in [6.45, 7) is 9.04. The van der Waals surface area contributed by atoms with Crippen LogP contribution in [0.5, 0.6) is 0 Å². The van der Waals surface area contributed by atoms with Gasteiger partial charge in [0.2, 0.25) is 0 Å². The first-order chi connectivity index (χ1) is 7.88. The van der Waals surface area contributed by atoms with Crippen molar-refractivity contribution >= 4 is 15.9 Å². The van der Waals surface area contributed by atoms with Crippen LogP contribution in [-0.2, 0) is 0 Å². The first-order valence-electron chi connectivity index (χ1n) is 6.86. The number of fused-ring (bicyclic) bond motifs is 1.